The Hall–Kier alpha value is -2.34. The summed E-state index contributed by atoms with van der Waals surface area (Å²) < 4.78 is 1.31. The largest absolute Gasteiger partial charge is 0.282 e. The van der Waals surface area contributed by atoms with E-state index >= 15 is 0 Å². The van der Waals surface area contributed by atoms with Crippen LogP contribution in [0.3, 0.4) is 0 Å². The summed E-state index contributed by atoms with van der Waals surface area (Å²) in [5.41, 5.74) is 1.94. The van der Waals surface area contributed by atoms with Crippen LogP contribution < -0.4 is 5.56 Å². The van der Waals surface area contributed by atoms with Crippen molar-refractivity contribution in [1.82, 2.24) is 14.6 Å². The van der Waals surface area contributed by atoms with Gasteiger partial charge >= 0.3 is 0 Å². The summed E-state index contributed by atoms with van der Waals surface area (Å²) in [6.07, 6.45) is 9.67. The third-order valence-electron chi connectivity index (χ3n) is 3.62. The molecule has 3 heterocycles. The molecule has 5 nitrogen and oxygen atoms in total. The minimum absolute atomic E-state index is 0.0838. The van der Waals surface area contributed by atoms with E-state index in [9.17, 15) is 4.79 Å². The molecule has 1 aliphatic rings. The minimum Gasteiger partial charge on any atom is -0.267 e. The van der Waals surface area contributed by atoms with E-state index in [0.29, 0.717) is 0 Å². The first kappa shape index (κ1) is 12.4. The number of nitrogens with zero attached hydrogens (tertiary/aromatic N) is 4. The zero-order valence-corrected chi connectivity index (χ0v) is 12.0. The van der Waals surface area contributed by atoms with Gasteiger partial charge in [-0.3, -0.25) is 9.78 Å². The molecule has 0 radical (unpaired) electrons. The first-order chi connectivity index (χ1) is 10.3. The number of aryl methyl sites for hydroxylation is 2. The highest BCUT2D eigenvalue weighted by molar-refractivity contribution is 7.18. The fourth-order valence-electron chi connectivity index (χ4n) is 2.64. The Morgan fingerprint density at radius 1 is 1.38 bits per heavy atom. The van der Waals surface area contributed by atoms with Gasteiger partial charge in [-0.2, -0.15) is 9.78 Å². The van der Waals surface area contributed by atoms with Crippen LogP contribution in [0.2, 0.25) is 0 Å². The van der Waals surface area contributed by atoms with Crippen LogP contribution in [0, 0.1) is 0 Å². The molecule has 0 atom stereocenters. The average molecular weight is 296 g/mol. The lowest BCUT2D eigenvalue weighted by molar-refractivity contribution is 0.816. The standard InChI is InChI=1S/C15H12N4OS/c20-15-13-11-4-1-5-12(11)21-14(13)17-9-19(15)18-8-10-3-2-6-16-7-10/h2-3,6-9H,1,4-5H2/b18-8+. The number of hydrogen-bond donors (Lipinski definition) is 0. The molecule has 0 saturated carbocycles. The van der Waals surface area contributed by atoms with E-state index in [1.165, 1.54) is 21.4 Å². The summed E-state index contributed by atoms with van der Waals surface area (Å²) in [6, 6.07) is 3.72. The van der Waals surface area contributed by atoms with Gasteiger partial charge in [0.05, 0.1) is 11.6 Å². The lowest BCUT2D eigenvalue weighted by atomic mass is 10.2. The molecule has 0 spiro atoms. The summed E-state index contributed by atoms with van der Waals surface area (Å²) in [5.74, 6) is 0. The lowest BCUT2D eigenvalue weighted by Crippen LogP contribution is -2.17. The molecule has 0 fully saturated rings. The number of pyridine rings is 1. The summed E-state index contributed by atoms with van der Waals surface area (Å²) in [6.45, 7) is 0. The van der Waals surface area contributed by atoms with Crippen molar-refractivity contribution in [2.75, 3.05) is 0 Å². The van der Waals surface area contributed by atoms with Crippen molar-refractivity contribution in [3.8, 4) is 0 Å². The summed E-state index contributed by atoms with van der Waals surface area (Å²) in [7, 11) is 0. The predicted molar refractivity (Wildman–Crippen MR) is 83.1 cm³/mol. The van der Waals surface area contributed by atoms with Crippen LogP contribution in [-0.2, 0) is 12.8 Å². The lowest BCUT2D eigenvalue weighted by Gasteiger charge is -1.98. The van der Waals surface area contributed by atoms with Crippen molar-refractivity contribution in [2.24, 2.45) is 5.10 Å². The van der Waals surface area contributed by atoms with Gasteiger partial charge in [-0.15, -0.1) is 11.3 Å². The molecular formula is C15H12N4OS. The van der Waals surface area contributed by atoms with Crippen LogP contribution in [0.1, 0.15) is 22.4 Å². The zero-order chi connectivity index (χ0) is 14.2. The Balaban J connectivity index is 1.82. The van der Waals surface area contributed by atoms with Gasteiger partial charge in [0.1, 0.15) is 11.2 Å². The first-order valence-electron chi connectivity index (χ1n) is 6.79. The second-order valence-electron chi connectivity index (χ2n) is 4.96. The number of aromatic nitrogens is 3. The van der Waals surface area contributed by atoms with Gasteiger partial charge in [-0.05, 0) is 30.9 Å². The van der Waals surface area contributed by atoms with Gasteiger partial charge in [0.15, 0.2) is 0 Å². The number of thiophene rings is 1. The Morgan fingerprint density at radius 2 is 2.33 bits per heavy atom. The predicted octanol–water partition coefficient (Wildman–Crippen LogP) is 2.22. The fraction of sp³-hybridized carbons (Fsp3) is 0.200. The molecule has 0 amide bonds. The Kier molecular flexibility index (Phi) is 2.89. The maximum atomic E-state index is 12.6. The summed E-state index contributed by atoms with van der Waals surface area (Å²) in [4.78, 5) is 23.1. The van der Waals surface area contributed by atoms with E-state index in [2.05, 4.69) is 15.1 Å². The Bertz CT molecular complexity index is 895. The third-order valence-corrected chi connectivity index (χ3v) is 4.82. The van der Waals surface area contributed by atoms with Crippen molar-refractivity contribution in [3.05, 3.63) is 57.2 Å². The molecule has 0 unspecified atom stereocenters. The van der Waals surface area contributed by atoms with E-state index < -0.39 is 0 Å². The SMILES string of the molecule is O=c1c2c3c(sc2ncn1/N=C/c1cccnc1)CCC3. The maximum Gasteiger partial charge on any atom is 0.282 e. The summed E-state index contributed by atoms with van der Waals surface area (Å²) in [5, 5.41) is 4.96. The van der Waals surface area contributed by atoms with E-state index in [-0.39, 0.29) is 5.56 Å². The highest BCUT2D eigenvalue weighted by Gasteiger charge is 2.21. The second-order valence-corrected chi connectivity index (χ2v) is 6.05. The molecule has 21 heavy (non-hydrogen) atoms. The first-order valence-corrected chi connectivity index (χ1v) is 7.61. The molecule has 3 aromatic heterocycles. The average Bonchev–Trinajstić information content (AvgIpc) is 3.08. The van der Waals surface area contributed by atoms with E-state index in [1.54, 1.807) is 29.9 Å². The topological polar surface area (TPSA) is 60.1 Å². The smallest absolute Gasteiger partial charge is 0.267 e. The molecule has 0 bridgehead atoms. The molecule has 0 N–H and O–H groups in total. The molecular weight excluding hydrogens is 284 g/mol. The van der Waals surface area contributed by atoms with E-state index in [1.807, 2.05) is 12.1 Å². The molecule has 3 aromatic rings. The number of hydrogen-bond acceptors (Lipinski definition) is 5. The van der Waals surface area contributed by atoms with Crippen LogP contribution >= 0.6 is 11.3 Å². The van der Waals surface area contributed by atoms with Crippen LogP contribution in [0.5, 0.6) is 0 Å². The van der Waals surface area contributed by atoms with Crippen molar-refractivity contribution < 1.29 is 0 Å². The monoisotopic (exact) mass is 296 g/mol. The molecule has 6 heteroatoms. The van der Waals surface area contributed by atoms with Crippen LogP contribution in [0.15, 0.2) is 40.7 Å². The molecule has 0 aromatic carbocycles. The van der Waals surface area contributed by atoms with Gasteiger partial charge in [0.25, 0.3) is 5.56 Å². The Morgan fingerprint density at radius 3 is 3.19 bits per heavy atom. The molecule has 0 saturated heterocycles. The van der Waals surface area contributed by atoms with Gasteiger partial charge in [0.2, 0.25) is 0 Å². The van der Waals surface area contributed by atoms with Crippen LogP contribution in [0.4, 0.5) is 0 Å². The van der Waals surface area contributed by atoms with Crippen molar-refractivity contribution >= 4 is 27.8 Å². The maximum absolute atomic E-state index is 12.6. The van der Waals surface area contributed by atoms with Crippen molar-refractivity contribution in [1.29, 1.82) is 0 Å². The van der Waals surface area contributed by atoms with Gasteiger partial charge in [-0.1, -0.05) is 6.07 Å². The van der Waals surface area contributed by atoms with Gasteiger partial charge in [-0.25, -0.2) is 4.98 Å². The second kappa shape index (κ2) is 4.89. The number of rotatable bonds is 2. The van der Waals surface area contributed by atoms with Crippen molar-refractivity contribution in [3.63, 3.8) is 0 Å². The highest BCUT2D eigenvalue weighted by atomic mass is 32.1. The van der Waals surface area contributed by atoms with Crippen LogP contribution in [-0.4, -0.2) is 20.9 Å². The van der Waals surface area contributed by atoms with Crippen molar-refractivity contribution in [2.45, 2.75) is 19.3 Å². The van der Waals surface area contributed by atoms with Gasteiger partial charge in [0, 0.05) is 22.8 Å². The quantitative estimate of drug-likeness (QED) is 0.681. The van der Waals surface area contributed by atoms with Crippen LogP contribution in [0.25, 0.3) is 10.2 Å². The molecule has 0 aliphatic heterocycles. The fourth-order valence-corrected chi connectivity index (χ4v) is 3.86. The molecule has 104 valence electrons. The number of fused-ring (bicyclic) bond motifs is 3. The zero-order valence-electron chi connectivity index (χ0n) is 11.2. The van der Waals surface area contributed by atoms with Gasteiger partial charge < -0.3 is 0 Å². The Labute approximate surface area is 124 Å². The van der Waals surface area contributed by atoms with E-state index in [4.69, 9.17) is 0 Å². The molecule has 4 rings (SSSR count). The normalized spacial score (nSPS) is 14.1. The summed E-state index contributed by atoms with van der Waals surface area (Å²) >= 11 is 1.64. The minimum atomic E-state index is -0.0838. The molecule has 1 aliphatic carbocycles. The third kappa shape index (κ3) is 2.08. The highest BCUT2D eigenvalue weighted by Crippen LogP contribution is 2.34. The van der Waals surface area contributed by atoms with E-state index in [0.717, 1.165) is 35.0 Å².